The van der Waals surface area contributed by atoms with Crippen LogP contribution in [0.3, 0.4) is 0 Å². The maximum Gasteiger partial charge on any atom is 0.231 e. The Bertz CT molecular complexity index is 581. The lowest BCUT2D eigenvalue weighted by molar-refractivity contribution is -0.497. The number of nitriles is 1. The second-order valence-corrected chi connectivity index (χ2v) is 4.51. The van der Waals surface area contributed by atoms with Gasteiger partial charge in [-0.15, -0.1) is 0 Å². The predicted octanol–water partition coefficient (Wildman–Crippen LogP) is 1.04. The number of ether oxygens (including phenoxy) is 1. The number of benzene rings is 1. The zero-order valence-electron chi connectivity index (χ0n) is 10.8. The molecular formula is C13H13N3O4. The van der Waals surface area contributed by atoms with Gasteiger partial charge in [0.1, 0.15) is 17.7 Å². The molecular weight excluding hydrogens is 262 g/mol. The van der Waals surface area contributed by atoms with E-state index in [4.69, 9.17) is 4.74 Å². The largest absolute Gasteiger partial charge is 0.496 e. The van der Waals surface area contributed by atoms with Crippen molar-refractivity contribution in [1.29, 1.82) is 5.26 Å². The van der Waals surface area contributed by atoms with Crippen molar-refractivity contribution in [3.05, 3.63) is 39.9 Å². The number of nitrogens with one attached hydrogen (secondary N) is 1. The van der Waals surface area contributed by atoms with E-state index in [1.165, 1.54) is 7.11 Å². The van der Waals surface area contributed by atoms with Gasteiger partial charge in [-0.1, -0.05) is 18.2 Å². The van der Waals surface area contributed by atoms with E-state index in [9.17, 15) is 20.2 Å². The summed E-state index contributed by atoms with van der Waals surface area (Å²) in [5.41, 5.74) is 0.532. The van der Waals surface area contributed by atoms with Crippen LogP contribution in [0.4, 0.5) is 0 Å². The first-order valence-electron chi connectivity index (χ1n) is 6.05. The van der Waals surface area contributed by atoms with E-state index < -0.39 is 28.8 Å². The Hall–Kier alpha value is -2.62. The van der Waals surface area contributed by atoms with Gasteiger partial charge in [-0.25, -0.2) is 0 Å². The number of para-hydroxylation sites is 1. The van der Waals surface area contributed by atoms with Crippen LogP contribution in [-0.4, -0.2) is 24.0 Å². The zero-order chi connectivity index (χ0) is 14.7. The lowest BCUT2D eigenvalue weighted by Gasteiger charge is -2.14. The Morgan fingerprint density at radius 2 is 2.30 bits per heavy atom. The summed E-state index contributed by atoms with van der Waals surface area (Å²) < 4.78 is 5.13. The summed E-state index contributed by atoms with van der Waals surface area (Å²) >= 11 is 0. The van der Waals surface area contributed by atoms with E-state index in [0.717, 1.165) is 0 Å². The normalized spacial score (nSPS) is 21.4. The highest BCUT2D eigenvalue weighted by molar-refractivity contribution is 5.82. The molecule has 1 aromatic rings. The summed E-state index contributed by atoms with van der Waals surface area (Å²) in [6, 6.07) is 7.09. The van der Waals surface area contributed by atoms with E-state index in [1.807, 2.05) is 6.07 Å². The van der Waals surface area contributed by atoms with Crippen LogP contribution >= 0.6 is 0 Å². The van der Waals surface area contributed by atoms with Gasteiger partial charge in [0, 0.05) is 16.9 Å². The van der Waals surface area contributed by atoms with Crippen molar-refractivity contribution in [2.45, 2.75) is 18.5 Å². The van der Waals surface area contributed by atoms with Gasteiger partial charge in [0.15, 0.2) is 0 Å². The van der Waals surface area contributed by atoms with E-state index in [1.54, 1.807) is 24.3 Å². The van der Waals surface area contributed by atoms with Gasteiger partial charge in [-0.05, 0) is 6.07 Å². The SMILES string of the molecule is COc1ccccc1[C@H](C#N)NC(=O)[C@@H]1C[C@@H]1[N+](=O)[O-]. The quantitative estimate of drug-likeness (QED) is 0.638. The number of hydrogen-bond acceptors (Lipinski definition) is 5. The van der Waals surface area contributed by atoms with Crippen molar-refractivity contribution >= 4 is 5.91 Å². The Morgan fingerprint density at radius 3 is 2.85 bits per heavy atom. The lowest BCUT2D eigenvalue weighted by atomic mass is 10.1. The van der Waals surface area contributed by atoms with Crippen LogP contribution in [-0.2, 0) is 4.79 Å². The molecule has 1 aliphatic rings. The third-order valence-corrected chi connectivity index (χ3v) is 3.23. The Labute approximate surface area is 115 Å². The van der Waals surface area contributed by atoms with Crippen LogP contribution in [0.5, 0.6) is 5.75 Å². The number of methoxy groups -OCH3 is 1. The highest BCUT2D eigenvalue weighted by atomic mass is 16.6. The van der Waals surface area contributed by atoms with Gasteiger partial charge >= 0.3 is 0 Å². The molecule has 0 radical (unpaired) electrons. The Kier molecular flexibility index (Phi) is 3.84. The van der Waals surface area contributed by atoms with Gasteiger partial charge in [0.05, 0.1) is 13.2 Å². The molecule has 104 valence electrons. The van der Waals surface area contributed by atoms with Gasteiger partial charge in [-0.2, -0.15) is 5.26 Å². The van der Waals surface area contributed by atoms with E-state index in [0.29, 0.717) is 11.3 Å². The van der Waals surface area contributed by atoms with Crippen LogP contribution in [0.25, 0.3) is 0 Å². The molecule has 7 heteroatoms. The molecule has 0 heterocycles. The van der Waals surface area contributed by atoms with Crippen molar-refractivity contribution in [3.8, 4) is 11.8 Å². The first kappa shape index (κ1) is 13.8. The minimum atomic E-state index is -0.883. The zero-order valence-corrected chi connectivity index (χ0v) is 10.8. The fraction of sp³-hybridized carbons (Fsp3) is 0.385. The minimum Gasteiger partial charge on any atom is -0.496 e. The fourth-order valence-corrected chi connectivity index (χ4v) is 2.03. The molecule has 1 saturated carbocycles. The fourth-order valence-electron chi connectivity index (χ4n) is 2.03. The summed E-state index contributed by atoms with van der Waals surface area (Å²) in [7, 11) is 1.47. The van der Waals surface area contributed by atoms with Crippen molar-refractivity contribution in [2.24, 2.45) is 5.92 Å². The second kappa shape index (κ2) is 5.57. The number of carbonyl (C=O) groups is 1. The predicted molar refractivity (Wildman–Crippen MR) is 68.4 cm³/mol. The minimum absolute atomic E-state index is 0.225. The van der Waals surface area contributed by atoms with Crippen molar-refractivity contribution in [1.82, 2.24) is 5.32 Å². The van der Waals surface area contributed by atoms with Crippen molar-refractivity contribution < 1.29 is 14.5 Å². The molecule has 0 bridgehead atoms. The average molecular weight is 275 g/mol. The summed E-state index contributed by atoms with van der Waals surface area (Å²) in [5.74, 6) is -0.624. The van der Waals surface area contributed by atoms with E-state index in [2.05, 4.69) is 5.32 Å². The van der Waals surface area contributed by atoms with Crippen molar-refractivity contribution in [2.75, 3.05) is 7.11 Å². The smallest absolute Gasteiger partial charge is 0.231 e. The van der Waals surface area contributed by atoms with E-state index in [-0.39, 0.29) is 6.42 Å². The molecule has 1 N–H and O–H groups in total. The molecule has 2 rings (SSSR count). The first-order valence-corrected chi connectivity index (χ1v) is 6.05. The third kappa shape index (κ3) is 2.69. The summed E-state index contributed by atoms with van der Waals surface area (Å²) in [4.78, 5) is 21.9. The average Bonchev–Trinajstić information content (AvgIpc) is 3.25. The van der Waals surface area contributed by atoms with Gasteiger partial charge in [0.25, 0.3) is 0 Å². The molecule has 20 heavy (non-hydrogen) atoms. The van der Waals surface area contributed by atoms with Gasteiger partial charge < -0.3 is 10.1 Å². The molecule has 1 fully saturated rings. The molecule has 1 amide bonds. The van der Waals surface area contributed by atoms with Crippen LogP contribution in [0.15, 0.2) is 24.3 Å². The Morgan fingerprint density at radius 1 is 1.60 bits per heavy atom. The van der Waals surface area contributed by atoms with Gasteiger partial charge in [-0.3, -0.25) is 14.9 Å². The summed E-state index contributed by atoms with van der Waals surface area (Å²) in [6.07, 6.45) is 0.225. The molecule has 0 aliphatic heterocycles. The number of carbonyl (C=O) groups excluding carboxylic acids is 1. The maximum atomic E-state index is 11.9. The highest BCUT2D eigenvalue weighted by Gasteiger charge is 2.53. The van der Waals surface area contributed by atoms with Crippen LogP contribution < -0.4 is 10.1 Å². The molecule has 1 aromatic carbocycles. The monoisotopic (exact) mass is 275 g/mol. The van der Waals surface area contributed by atoms with Crippen LogP contribution in [0.2, 0.25) is 0 Å². The third-order valence-electron chi connectivity index (χ3n) is 3.23. The number of nitrogens with zero attached hydrogens (tertiary/aromatic N) is 2. The van der Waals surface area contributed by atoms with E-state index >= 15 is 0 Å². The molecule has 0 spiro atoms. The van der Waals surface area contributed by atoms with Crippen molar-refractivity contribution in [3.63, 3.8) is 0 Å². The maximum absolute atomic E-state index is 11.9. The standard InChI is InChI=1S/C13H13N3O4/c1-20-12-5-3-2-4-8(12)10(7-14)15-13(17)9-6-11(9)16(18)19/h2-5,9-11H,6H2,1H3,(H,15,17)/t9-,10+,11+/m1/s1. The topological polar surface area (TPSA) is 105 Å². The lowest BCUT2D eigenvalue weighted by Crippen LogP contribution is -2.30. The molecule has 1 aliphatic carbocycles. The number of hydrogen-bond donors (Lipinski definition) is 1. The second-order valence-electron chi connectivity index (χ2n) is 4.51. The molecule has 7 nitrogen and oxygen atoms in total. The molecule has 0 aromatic heterocycles. The molecule has 0 saturated heterocycles. The van der Waals surface area contributed by atoms with Gasteiger partial charge in [0.2, 0.25) is 11.9 Å². The van der Waals surface area contributed by atoms with Crippen LogP contribution in [0, 0.1) is 27.4 Å². The summed E-state index contributed by atoms with van der Waals surface area (Å²) in [6.45, 7) is 0. The summed E-state index contributed by atoms with van der Waals surface area (Å²) in [5, 5.41) is 22.2. The number of rotatable bonds is 5. The molecule has 3 atom stereocenters. The number of nitro groups is 1. The Balaban J connectivity index is 2.09. The highest BCUT2D eigenvalue weighted by Crippen LogP contribution is 2.34. The molecule has 0 unspecified atom stereocenters. The van der Waals surface area contributed by atoms with Crippen LogP contribution in [0.1, 0.15) is 18.0 Å². The number of amides is 1. The first-order chi connectivity index (χ1) is 9.58.